The van der Waals surface area contributed by atoms with Gasteiger partial charge in [-0.25, -0.2) is 8.42 Å². The number of amides is 1. The van der Waals surface area contributed by atoms with Crippen molar-refractivity contribution in [2.24, 2.45) is 0 Å². The lowest BCUT2D eigenvalue weighted by atomic mass is 9.89. The van der Waals surface area contributed by atoms with Crippen molar-refractivity contribution in [2.75, 3.05) is 24.2 Å². The highest BCUT2D eigenvalue weighted by Gasteiger charge is 2.35. The monoisotopic (exact) mass is 486 g/mol. The molecule has 1 amide bonds. The molecule has 0 fully saturated rings. The van der Waals surface area contributed by atoms with E-state index < -0.39 is 28.1 Å². The third kappa shape index (κ3) is 5.56. The molecule has 0 aromatic heterocycles. The summed E-state index contributed by atoms with van der Waals surface area (Å²) in [4.78, 5) is 12.9. The van der Waals surface area contributed by atoms with E-state index in [9.17, 15) is 13.2 Å². The van der Waals surface area contributed by atoms with Crippen LogP contribution >= 0.6 is 23.2 Å². The number of hydrogen-bond donors (Lipinski definition) is 1. The van der Waals surface area contributed by atoms with Crippen LogP contribution in [-0.2, 0) is 14.8 Å². The number of nitrogens with zero attached hydrogens (tertiary/aromatic N) is 1. The fraction of sp³-hybridized carbons (Fsp3) is 0.381. The Morgan fingerprint density at radius 1 is 1.26 bits per heavy atom. The topological polar surface area (TPSA) is 84.9 Å². The molecule has 1 N–H and O–H groups in total. The molecule has 1 atom stereocenters. The predicted molar refractivity (Wildman–Crippen MR) is 122 cm³/mol. The number of sulfonamides is 1. The van der Waals surface area contributed by atoms with Crippen LogP contribution in [0.3, 0.4) is 0 Å². The zero-order chi connectivity index (χ0) is 23.0. The van der Waals surface area contributed by atoms with Crippen LogP contribution in [0.5, 0.6) is 11.5 Å². The Labute approximate surface area is 192 Å². The van der Waals surface area contributed by atoms with Crippen LogP contribution in [0.1, 0.15) is 31.9 Å². The quantitative estimate of drug-likeness (QED) is 0.661. The Bertz CT molecular complexity index is 1100. The Kier molecular flexibility index (Phi) is 6.64. The molecule has 1 aliphatic heterocycles. The molecule has 0 spiro atoms. The Balaban J connectivity index is 1.86. The summed E-state index contributed by atoms with van der Waals surface area (Å²) >= 11 is 12.1. The van der Waals surface area contributed by atoms with Gasteiger partial charge in [-0.3, -0.25) is 9.10 Å². The number of rotatable bonds is 6. The Hall–Kier alpha value is -2.16. The van der Waals surface area contributed by atoms with E-state index >= 15 is 0 Å². The summed E-state index contributed by atoms with van der Waals surface area (Å²) in [5.41, 5.74) is 0.443. The van der Waals surface area contributed by atoms with E-state index in [2.05, 4.69) is 5.32 Å². The first-order chi connectivity index (χ1) is 14.4. The molecule has 2 aromatic rings. The summed E-state index contributed by atoms with van der Waals surface area (Å²) in [6.07, 6.45) is 1.53. The summed E-state index contributed by atoms with van der Waals surface area (Å²) in [6.45, 7) is 3.42. The summed E-state index contributed by atoms with van der Waals surface area (Å²) in [6, 6.07) is 9.44. The number of hydrogen-bond acceptors (Lipinski definition) is 5. The SMILES string of the molecule is COc1ccc2c(c1)OC(C)(C)CC2NC(=O)CN(c1ccc(Cl)cc1Cl)S(C)(=O)=O. The van der Waals surface area contributed by atoms with Crippen molar-refractivity contribution in [2.45, 2.75) is 31.9 Å². The van der Waals surface area contributed by atoms with Crippen LogP contribution in [0.15, 0.2) is 36.4 Å². The number of fused-ring (bicyclic) bond motifs is 1. The third-order valence-electron chi connectivity index (χ3n) is 4.88. The molecule has 0 bridgehead atoms. The lowest BCUT2D eigenvalue weighted by molar-refractivity contribution is -0.120. The number of methoxy groups -OCH3 is 1. The Morgan fingerprint density at radius 2 is 1.97 bits per heavy atom. The number of ether oxygens (including phenoxy) is 2. The molecule has 7 nitrogen and oxygen atoms in total. The molecular formula is C21H24Cl2N2O5S. The van der Waals surface area contributed by atoms with E-state index in [0.29, 0.717) is 22.9 Å². The van der Waals surface area contributed by atoms with Crippen molar-refractivity contribution in [1.82, 2.24) is 5.32 Å². The lowest BCUT2D eigenvalue weighted by Gasteiger charge is -2.38. The van der Waals surface area contributed by atoms with Crippen molar-refractivity contribution in [3.8, 4) is 11.5 Å². The van der Waals surface area contributed by atoms with Crippen molar-refractivity contribution >= 4 is 44.8 Å². The fourth-order valence-corrected chi connectivity index (χ4v) is 4.95. The number of carbonyl (C=O) groups is 1. The van der Waals surface area contributed by atoms with E-state index in [4.69, 9.17) is 32.7 Å². The van der Waals surface area contributed by atoms with Crippen molar-refractivity contribution in [1.29, 1.82) is 0 Å². The van der Waals surface area contributed by atoms with Crippen LogP contribution in [-0.4, -0.2) is 39.8 Å². The van der Waals surface area contributed by atoms with Crippen molar-refractivity contribution in [3.05, 3.63) is 52.0 Å². The van der Waals surface area contributed by atoms with Gasteiger partial charge in [0, 0.05) is 23.1 Å². The summed E-state index contributed by atoms with van der Waals surface area (Å²) in [5, 5.41) is 3.43. The molecule has 0 saturated heterocycles. The maximum Gasteiger partial charge on any atom is 0.241 e. The number of carbonyl (C=O) groups excluding carboxylic acids is 1. The molecule has 1 heterocycles. The van der Waals surface area contributed by atoms with E-state index in [0.717, 1.165) is 16.1 Å². The number of anilines is 1. The zero-order valence-corrected chi connectivity index (χ0v) is 19.9. The second-order valence-electron chi connectivity index (χ2n) is 7.96. The van der Waals surface area contributed by atoms with Crippen LogP contribution in [0.2, 0.25) is 10.0 Å². The van der Waals surface area contributed by atoms with Gasteiger partial charge in [0.15, 0.2) is 0 Å². The fourth-order valence-electron chi connectivity index (χ4n) is 3.52. The standard InChI is InChI=1S/C21H24Cl2N2O5S/c1-21(2)11-17(15-7-6-14(29-3)10-19(15)30-21)24-20(26)12-25(31(4,27)28)18-8-5-13(22)9-16(18)23/h5-10,17H,11-12H2,1-4H3,(H,24,26). The predicted octanol–water partition coefficient (Wildman–Crippen LogP) is 4.19. The Morgan fingerprint density at radius 3 is 2.58 bits per heavy atom. The van der Waals surface area contributed by atoms with Gasteiger partial charge in [0.2, 0.25) is 15.9 Å². The zero-order valence-electron chi connectivity index (χ0n) is 17.6. The minimum absolute atomic E-state index is 0.135. The first kappa shape index (κ1) is 23.5. The largest absolute Gasteiger partial charge is 0.497 e. The number of benzene rings is 2. The average molecular weight is 487 g/mol. The van der Waals surface area contributed by atoms with Gasteiger partial charge in [0.1, 0.15) is 23.6 Å². The van der Waals surface area contributed by atoms with Gasteiger partial charge in [0.25, 0.3) is 0 Å². The van der Waals surface area contributed by atoms with Crippen LogP contribution in [0.4, 0.5) is 5.69 Å². The highest BCUT2D eigenvalue weighted by atomic mass is 35.5. The van der Waals surface area contributed by atoms with Crippen LogP contribution in [0.25, 0.3) is 0 Å². The van der Waals surface area contributed by atoms with E-state index in [-0.39, 0.29) is 16.8 Å². The van der Waals surface area contributed by atoms with Gasteiger partial charge >= 0.3 is 0 Å². The molecule has 1 aliphatic rings. The van der Waals surface area contributed by atoms with Gasteiger partial charge in [-0.2, -0.15) is 0 Å². The molecule has 31 heavy (non-hydrogen) atoms. The van der Waals surface area contributed by atoms with Gasteiger partial charge in [-0.15, -0.1) is 0 Å². The number of nitrogens with one attached hydrogen (secondary N) is 1. The average Bonchev–Trinajstić information content (AvgIpc) is 2.64. The van der Waals surface area contributed by atoms with Crippen molar-refractivity contribution < 1.29 is 22.7 Å². The highest BCUT2D eigenvalue weighted by Crippen LogP contribution is 2.41. The molecule has 1 unspecified atom stereocenters. The van der Waals surface area contributed by atoms with E-state index in [1.54, 1.807) is 19.2 Å². The second kappa shape index (κ2) is 8.76. The van der Waals surface area contributed by atoms with Gasteiger partial charge in [0.05, 0.1) is 30.1 Å². The van der Waals surface area contributed by atoms with Crippen molar-refractivity contribution in [3.63, 3.8) is 0 Å². The molecule has 0 aliphatic carbocycles. The van der Waals surface area contributed by atoms with Gasteiger partial charge in [-0.05, 0) is 44.2 Å². The first-order valence-corrected chi connectivity index (χ1v) is 12.1. The maximum absolute atomic E-state index is 12.9. The highest BCUT2D eigenvalue weighted by molar-refractivity contribution is 7.92. The number of halogens is 2. The van der Waals surface area contributed by atoms with Crippen LogP contribution in [0, 0.1) is 0 Å². The molecular weight excluding hydrogens is 463 g/mol. The smallest absolute Gasteiger partial charge is 0.241 e. The molecule has 3 rings (SSSR count). The van der Waals surface area contributed by atoms with E-state index in [1.807, 2.05) is 19.9 Å². The second-order valence-corrected chi connectivity index (χ2v) is 10.7. The molecule has 0 saturated carbocycles. The summed E-state index contributed by atoms with van der Waals surface area (Å²) in [5.74, 6) is 0.782. The molecule has 10 heteroatoms. The summed E-state index contributed by atoms with van der Waals surface area (Å²) < 4.78 is 37.0. The lowest BCUT2D eigenvalue weighted by Crippen LogP contribution is -2.45. The minimum atomic E-state index is -3.78. The van der Waals surface area contributed by atoms with E-state index in [1.165, 1.54) is 18.2 Å². The van der Waals surface area contributed by atoms with Gasteiger partial charge in [-0.1, -0.05) is 23.2 Å². The minimum Gasteiger partial charge on any atom is -0.497 e. The maximum atomic E-state index is 12.9. The van der Waals surface area contributed by atoms with Crippen LogP contribution < -0.4 is 19.1 Å². The normalized spacial score (nSPS) is 17.3. The third-order valence-corrected chi connectivity index (χ3v) is 6.54. The molecule has 2 aromatic carbocycles. The van der Waals surface area contributed by atoms with Gasteiger partial charge < -0.3 is 14.8 Å². The molecule has 168 valence electrons. The summed E-state index contributed by atoms with van der Waals surface area (Å²) in [7, 11) is -2.21. The molecule has 0 radical (unpaired) electrons. The first-order valence-electron chi connectivity index (χ1n) is 9.49.